The van der Waals surface area contributed by atoms with Gasteiger partial charge in [0.05, 0.1) is 16.6 Å². The summed E-state index contributed by atoms with van der Waals surface area (Å²) < 4.78 is 4.65. The van der Waals surface area contributed by atoms with Gasteiger partial charge in [0.15, 0.2) is 9.66 Å². The second-order valence-corrected chi connectivity index (χ2v) is 13.4. The summed E-state index contributed by atoms with van der Waals surface area (Å²) in [4.78, 5) is 12.0. The van der Waals surface area contributed by atoms with Gasteiger partial charge in [0.1, 0.15) is 10.0 Å². The van der Waals surface area contributed by atoms with E-state index in [-0.39, 0.29) is 0 Å². The molecule has 0 unspecified atom stereocenters. The molecule has 0 bridgehead atoms. The maximum atomic E-state index is 5.01. The van der Waals surface area contributed by atoms with Crippen LogP contribution in [0.3, 0.4) is 0 Å². The van der Waals surface area contributed by atoms with Crippen molar-refractivity contribution in [2.75, 3.05) is 0 Å². The molecule has 47 heavy (non-hydrogen) atoms. The molecule has 0 aliphatic heterocycles. The molecule has 0 saturated heterocycles. The SMILES string of the molecule is C=C/C=c1\c(=C/C)n(-c2ccc(-c3nc4sc(-c5ccc(-n6c7ccccc7c7ccccc76)cc5)nc4s3)cc2)c2ccccc12. The lowest BCUT2D eigenvalue weighted by Crippen LogP contribution is -2.27. The number of nitrogens with zero attached hydrogens (tertiary/aromatic N) is 4. The molecule has 0 aliphatic rings. The fraction of sp³-hybridized carbons (Fsp3) is 0.0244. The summed E-state index contributed by atoms with van der Waals surface area (Å²) >= 11 is 3.30. The van der Waals surface area contributed by atoms with E-state index in [0.717, 1.165) is 47.5 Å². The third-order valence-corrected chi connectivity index (χ3v) is 10.9. The van der Waals surface area contributed by atoms with Crippen molar-refractivity contribution in [3.05, 3.63) is 145 Å². The van der Waals surface area contributed by atoms with Crippen molar-refractivity contribution in [3.63, 3.8) is 0 Å². The number of benzene rings is 5. The van der Waals surface area contributed by atoms with Crippen LogP contribution in [0.5, 0.6) is 0 Å². The highest BCUT2D eigenvalue weighted by molar-refractivity contribution is 7.29. The first-order chi connectivity index (χ1) is 23.2. The van der Waals surface area contributed by atoms with E-state index in [4.69, 9.17) is 9.97 Å². The molecular weight excluding hydrogens is 613 g/mol. The van der Waals surface area contributed by atoms with Gasteiger partial charge in [0, 0.05) is 49.2 Å². The Morgan fingerprint density at radius 1 is 0.553 bits per heavy atom. The van der Waals surface area contributed by atoms with Crippen molar-refractivity contribution >= 4 is 77.2 Å². The predicted molar refractivity (Wildman–Crippen MR) is 201 cm³/mol. The molecule has 4 nitrogen and oxygen atoms in total. The van der Waals surface area contributed by atoms with E-state index in [9.17, 15) is 0 Å². The molecule has 0 saturated carbocycles. The molecule has 9 rings (SSSR count). The summed E-state index contributed by atoms with van der Waals surface area (Å²) in [6.07, 6.45) is 6.11. The maximum absolute atomic E-state index is 5.01. The normalized spacial score (nSPS) is 12.7. The monoisotopic (exact) mass is 640 g/mol. The average molecular weight is 641 g/mol. The fourth-order valence-electron chi connectivity index (χ4n) is 6.74. The van der Waals surface area contributed by atoms with Gasteiger partial charge in [-0.25, -0.2) is 9.97 Å². The third-order valence-electron chi connectivity index (χ3n) is 8.81. The molecular formula is C41H28N4S2. The van der Waals surface area contributed by atoms with Crippen LogP contribution in [-0.2, 0) is 0 Å². The first kappa shape index (κ1) is 27.7. The molecule has 4 aromatic heterocycles. The summed E-state index contributed by atoms with van der Waals surface area (Å²) in [6, 6.07) is 43.2. The van der Waals surface area contributed by atoms with Crippen LogP contribution in [0.25, 0.3) is 87.0 Å². The Morgan fingerprint density at radius 2 is 1.00 bits per heavy atom. The molecule has 224 valence electrons. The van der Waals surface area contributed by atoms with Gasteiger partial charge in [-0.2, -0.15) is 0 Å². The maximum Gasteiger partial charge on any atom is 0.155 e. The van der Waals surface area contributed by atoms with Gasteiger partial charge in [0.2, 0.25) is 0 Å². The van der Waals surface area contributed by atoms with Crippen LogP contribution in [0.2, 0.25) is 0 Å². The number of hydrogen-bond donors (Lipinski definition) is 0. The van der Waals surface area contributed by atoms with Gasteiger partial charge in [-0.3, -0.25) is 0 Å². The van der Waals surface area contributed by atoms with E-state index in [1.165, 1.54) is 37.9 Å². The zero-order valence-electron chi connectivity index (χ0n) is 25.6. The van der Waals surface area contributed by atoms with Crippen molar-refractivity contribution in [2.24, 2.45) is 0 Å². The lowest BCUT2D eigenvalue weighted by atomic mass is 10.2. The second kappa shape index (κ2) is 11.1. The standard InChI is InChI=1S/C41H28N4S2/c1-3-11-30-31-12-5-8-15-35(31)44(34(30)4-2)28-22-18-26(19-23-28)38-42-40-41(46-38)43-39(47-40)27-20-24-29(25-21-27)45-36-16-9-6-13-32(36)33-14-7-10-17-37(33)45/h3-25H,1H2,2H3/b30-11-,34-4+. The summed E-state index contributed by atoms with van der Waals surface area (Å²) in [7, 11) is 0. The number of para-hydroxylation sites is 3. The van der Waals surface area contributed by atoms with Crippen molar-refractivity contribution in [1.29, 1.82) is 0 Å². The number of thiazole rings is 2. The van der Waals surface area contributed by atoms with Gasteiger partial charge < -0.3 is 9.13 Å². The lowest BCUT2D eigenvalue weighted by molar-refractivity contribution is 1.07. The molecule has 0 atom stereocenters. The minimum atomic E-state index is 0.972. The zero-order valence-corrected chi connectivity index (χ0v) is 27.2. The minimum Gasteiger partial charge on any atom is -0.310 e. The van der Waals surface area contributed by atoms with E-state index in [1.54, 1.807) is 22.7 Å². The number of fused-ring (bicyclic) bond motifs is 5. The average Bonchev–Trinajstić information content (AvgIpc) is 3.87. The Hall–Kier alpha value is -5.56. The molecule has 0 spiro atoms. The topological polar surface area (TPSA) is 35.6 Å². The van der Waals surface area contributed by atoms with E-state index in [1.807, 2.05) is 6.08 Å². The molecule has 0 aliphatic carbocycles. The number of aromatic nitrogens is 4. The Kier molecular flexibility index (Phi) is 6.52. The Balaban J connectivity index is 1.03. The van der Waals surface area contributed by atoms with Crippen LogP contribution < -0.4 is 10.6 Å². The van der Waals surface area contributed by atoms with Gasteiger partial charge in [0.25, 0.3) is 0 Å². The molecule has 9 aromatic rings. The quantitative estimate of drug-likeness (QED) is 0.188. The van der Waals surface area contributed by atoms with Gasteiger partial charge >= 0.3 is 0 Å². The van der Waals surface area contributed by atoms with Crippen LogP contribution in [0.15, 0.2) is 134 Å². The first-order valence-corrected chi connectivity index (χ1v) is 17.2. The van der Waals surface area contributed by atoms with Crippen molar-refractivity contribution in [2.45, 2.75) is 6.92 Å². The van der Waals surface area contributed by atoms with Crippen molar-refractivity contribution in [1.82, 2.24) is 19.1 Å². The number of hydrogen-bond acceptors (Lipinski definition) is 4. The smallest absolute Gasteiger partial charge is 0.155 e. The van der Waals surface area contributed by atoms with Gasteiger partial charge in [-0.1, -0.05) is 102 Å². The Morgan fingerprint density at radius 3 is 1.49 bits per heavy atom. The van der Waals surface area contributed by atoms with E-state index < -0.39 is 0 Å². The molecule has 0 amide bonds. The number of rotatable bonds is 5. The second-order valence-electron chi connectivity index (χ2n) is 11.5. The van der Waals surface area contributed by atoms with Gasteiger partial charge in [-0.05, 0) is 73.7 Å². The first-order valence-electron chi connectivity index (χ1n) is 15.6. The van der Waals surface area contributed by atoms with Crippen molar-refractivity contribution in [3.8, 4) is 32.5 Å². The van der Waals surface area contributed by atoms with Gasteiger partial charge in [-0.15, -0.1) is 0 Å². The van der Waals surface area contributed by atoms with E-state index >= 15 is 0 Å². The van der Waals surface area contributed by atoms with Crippen LogP contribution in [-0.4, -0.2) is 19.1 Å². The van der Waals surface area contributed by atoms with Crippen molar-refractivity contribution < 1.29 is 0 Å². The van der Waals surface area contributed by atoms with Crippen LogP contribution in [0.4, 0.5) is 0 Å². The molecule has 5 aromatic carbocycles. The fourth-order valence-corrected chi connectivity index (χ4v) is 8.79. The van der Waals surface area contributed by atoms with Crippen LogP contribution in [0.1, 0.15) is 6.92 Å². The minimum absolute atomic E-state index is 0.972. The highest BCUT2D eigenvalue weighted by atomic mass is 32.1. The largest absolute Gasteiger partial charge is 0.310 e. The zero-order chi connectivity index (χ0) is 31.5. The molecule has 0 fully saturated rings. The Labute approximate surface area is 279 Å². The number of allylic oxidation sites excluding steroid dienone is 1. The molecule has 0 N–H and O–H groups in total. The highest BCUT2D eigenvalue weighted by Gasteiger charge is 2.16. The highest BCUT2D eigenvalue weighted by Crippen LogP contribution is 2.38. The molecule has 4 heterocycles. The van der Waals surface area contributed by atoms with E-state index in [0.29, 0.717) is 0 Å². The van der Waals surface area contributed by atoms with Crippen LogP contribution >= 0.6 is 22.7 Å². The summed E-state index contributed by atoms with van der Waals surface area (Å²) in [6.45, 7) is 6.03. The van der Waals surface area contributed by atoms with Crippen LogP contribution in [0, 0.1) is 0 Å². The predicted octanol–water partition coefficient (Wildman–Crippen LogP) is 9.89. The lowest BCUT2D eigenvalue weighted by Gasteiger charge is -2.08. The molecule has 0 radical (unpaired) electrons. The molecule has 6 heteroatoms. The summed E-state index contributed by atoms with van der Waals surface area (Å²) in [5.41, 5.74) is 8.05. The Bertz CT molecular complexity index is 2670. The third kappa shape index (κ3) is 4.41. The van der Waals surface area contributed by atoms with E-state index in [2.05, 4.69) is 156 Å². The summed E-state index contributed by atoms with van der Waals surface area (Å²) in [5.74, 6) is 0. The summed E-state index contributed by atoms with van der Waals surface area (Å²) in [5, 5.41) is 8.07.